The number of benzene rings is 7. The lowest BCUT2D eigenvalue weighted by Crippen LogP contribution is -2.49. The van der Waals surface area contributed by atoms with E-state index >= 15 is 0 Å². The lowest BCUT2D eigenvalue weighted by molar-refractivity contribution is 1.29. The molecule has 7 aromatic carbocycles. The van der Waals surface area contributed by atoms with Gasteiger partial charge in [-0.3, -0.25) is 0 Å². The Bertz CT molecular complexity index is 2420. The predicted molar refractivity (Wildman–Crippen MR) is 199 cm³/mol. The first-order chi connectivity index (χ1) is 22.1. The zero-order valence-corrected chi connectivity index (χ0v) is 27.1. The van der Waals surface area contributed by atoms with Crippen molar-refractivity contribution in [1.29, 1.82) is 0 Å². The van der Waals surface area contributed by atoms with Crippen LogP contribution in [0.2, 0.25) is 13.1 Å². The molecule has 0 atom stereocenters. The fourth-order valence-electron chi connectivity index (χ4n) is 7.53. The first-order valence-corrected chi connectivity index (χ1v) is 19.4. The monoisotopic (exact) mass is 609 g/mol. The quantitative estimate of drug-likeness (QED) is 0.179. The van der Waals surface area contributed by atoms with Crippen LogP contribution in [0.15, 0.2) is 152 Å². The maximum absolute atomic E-state index is 2.53. The summed E-state index contributed by atoms with van der Waals surface area (Å²) in [5, 5.41) is 8.40. The Hall–Kier alpha value is -4.96. The highest BCUT2D eigenvalue weighted by Gasteiger charge is 2.39. The summed E-state index contributed by atoms with van der Waals surface area (Å²) in [7, 11) is -1.97. The summed E-state index contributed by atoms with van der Waals surface area (Å²) >= 11 is 1.91. The Morgan fingerprint density at radius 3 is 2.09 bits per heavy atom. The van der Waals surface area contributed by atoms with Crippen molar-refractivity contribution in [2.45, 2.75) is 13.1 Å². The summed E-state index contributed by atoms with van der Waals surface area (Å²) in [6, 6.07) is 56.0. The van der Waals surface area contributed by atoms with Crippen molar-refractivity contribution in [3.63, 3.8) is 0 Å². The minimum Gasteiger partial charge on any atom is -0.310 e. The molecular weight excluding hydrogens is 579 g/mol. The van der Waals surface area contributed by atoms with Crippen molar-refractivity contribution < 1.29 is 0 Å². The van der Waals surface area contributed by atoms with Crippen LogP contribution in [0, 0.1) is 0 Å². The number of anilines is 3. The van der Waals surface area contributed by atoms with Gasteiger partial charge in [-0.05, 0) is 80.3 Å². The van der Waals surface area contributed by atoms with E-state index < -0.39 is 8.07 Å². The second-order valence-electron chi connectivity index (χ2n) is 12.5. The molecule has 1 aliphatic heterocycles. The van der Waals surface area contributed by atoms with Gasteiger partial charge in [-0.1, -0.05) is 122 Å². The summed E-state index contributed by atoms with van der Waals surface area (Å²) in [6.45, 7) is 5.05. The summed E-state index contributed by atoms with van der Waals surface area (Å²) in [5.74, 6) is 0. The highest BCUT2D eigenvalue weighted by atomic mass is 32.1. The molecule has 45 heavy (non-hydrogen) atoms. The van der Waals surface area contributed by atoms with E-state index in [9.17, 15) is 0 Å². The molecule has 0 N–H and O–H groups in total. The average molecular weight is 610 g/mol. The van der Waals surface area contributed by atoms with E-state index in [4.69, 9.17) is 0 Å². The molecule has 0 bridgehead atoms. The Kier molecular flexibility index (Phi) is 5.89. The molecule has 0 amide bonds. The van der Waals surface area contributed by atoms with E-state index in [1.54, 1.807) is 5.19 Å². The van der Waals surface area contributed by atoms with E-state index in [0.717, 1.165) is 5.69 Å². The fraction of sp³-hybridized carbons (Fsp3) is 0.0476. The second-order valence-corrected chi connectivity index (χ2v) is 17.9. The van der Waals surface area contributed by atoms with Gasteiger partial charge in [-0.2, -0.15) is 0 Å². The van der Waals surface area contributed by atoms with Crippen LogP contribution in [-0.2, 0) is 0 Å². The van der Waals surface area contributed by atoms with Gasteiger partial charge in [0.05, 0.1) is 5.69 Å². The van der Waals surface area contributed by atoms with E-state index in [2.05, 4.69) is 170 Å². The molecule has 0 saturated carbocycles. The molecule has 0 spiro atoms. The summed E-state index contributed by atoms with van der Waals surface area (Å²) < 4.78 is 2.75. The van der Waals surface area contributed by atoms with Crippen molar-refractivity contribution >= 4 is 77.8 Å². The van der Waals surface area contributed by atoms with Gasteiger partial charge < -0.3 is 4.90 Å². The molecule has 1 aliphatic rings. The highest BCUT2D eigenvalue weighted by molar-refractivity contribution is 7.26. The number of fused-ring (bicyclic) bond motifs is 8. The number of hydrogen-bond donors (Lipinski definition) is 0. The van der Waals surface area contributed by atoms with E-state index in [1.807, 2.05) is 11.3 Å². The minimum atomic E-state index is -1.97. The van der Waals surface area contributed by atoms with Crippen molar-refractivity contribution in [1.82, 2.24) is 0 Å². The number of thiophene rings is 1. The molecule has 0 fully saturated rings. The third-order valence-corrected chi connectivity index (χ3v) is 14.3. The Labute approximate surface area is 268 Å². The van der Waals surface area contributed by atoms with Gasteiger partial charge in [-0.25, -0.2) is 0 Å². The average Bonchev–Trinajstić information content (AvgIpc) is 3.57. The fourth-order valence-corrected chi connectivity index (χ4v) is 11.7. The molecule has 2 heterocycles. The molecule has 0 unspecified atom stereocenters. The van der Waals surface area contributed by atoms with Crippen molar-refractivity contribution in [2.75, 3.05) is 4.90 Å². The molecule has 1 aromatic heterocycles. The van der Waals surface area contributed by atoms with Gasteiger partial charge in [0, 0.05) is 37.1 Å². The standard InChI is InChI=1S/C42H31NSSi/c1-45(2)39-26-25-38-41(34-19-9-11-22-37(34)44-38)42(39)35-24-23-30(27-40(35)45)43(29-15-4-3-5-16-29)36-21-10-8-18-33(36)32-20-12-14-28-13-6-7-17-31(28)32/h3-27H,1-2H3. The van der Waals surface area contributed by atoms with Crippen LogP contribution in [0.3, 0.4) is 0 Å². The zero-order valence-electron chi connectivity index (χ0n) is 25.3. The molecule has 9 rings (SSSR count). The van der Waals surface area contributed by atoms with E-state index in [0.29, 0.717) is 0 Å². The largest absolute Gasteiger partial charge is 0.310 e. The number of hydrogen-bond acceptors (Lipinski definition) is 2. The number of rotatable bonds is 4. The van der Waals surface area contributed by atoms with Gasteiger partial charge >= 0.3 is 0 Å². The van der Waals surface area contributed by atoms with Crippen LogP contribution in [0.5, 0.6) is 0 Å². The maximum atomic E-state index is 2.53. The summed E-state index contributed by atoms with van der Waals surface area (Å²) in [5.41, 5.74) is 8.89. The van der Waals surface area contributed by atoms with Crippen LogP contribution in [-0.4, -0.2) is 8.07 Å². The van der Waals surface area contributed by atoms with Crippen molar-refractivity contribution in [3.8, 4) is 22.3 Å². The molecule has 0 radical (unpaired) electrons. The maximum Gasteiger partial charge on any atom is 0.113 e. The third kappa shape index (κ3) is 3.98. The van der Waals surface area contributed by atoms with Gasteiger partial charge in [-0.15, -0.1) is 11.3 Å². The molecule has 0 aliphatic carbocycles. The number of para-hydroxylation sites is 2. The molecular formula is C42H31NSSi. The van der Waals surface area contributed by atoms with Crippen molar-refractivity contribution in [2.24, 2.45) is 0 Å². The van der Waals surface area contributed by atoms with Gasteiger partial charge in [0.2, 0.25) is 0 Å². The van der Waals surface area contributed by atoms with E-state index in [-0.39, 0.29) is 0 Å². The molecule has 0 saturated heterocycles. The first kappa shape index (κ1) is 26.4. The molecule has 214 valence electrons. The Morgan fingerprint density at radius 1 is 0.489 bits per heavy atom. The summed E-state index contributed by atoms with van der Waals surface area (Å²) in [4.78, 5) is 2.46. The molecule has 1 nitrogen and oxygen atoms in total. The third-order valence-electron chi connectivity index (χ3n) is 9.66. The van der Waals surface area contributed by atoms with Crippen LogP contribution >= 0.6 is 11.3 Å². The second kappa shape index (κ2) is 10.0. The van der Waals surface area contributed by atoms with Gasteiger partial charge in [0.25, 0.3) is 0 Å². The van der Waals surface area contributed by atoms with Crippen LogP contribution in [0.25, 0.3) is 53.2 Å². The Balaban J connectivity index is 1.28. The Morgan fingerprint density at radius 2 is 1.20 bits per heavy atom. The lowest BCUT2D eigenvalue weighted by Gasteiger charge is -2.29. The SMILES string of the molecule is C[Si]1(C)c2cc(N(c3ccccc3)c3ccccc3-c3cccc4ccccc34)ccc2-c2c1ccc1sc3ccccc3c21. The van der Waals surface area contributed by atoms with Crippen molar-refractivity contribution in [3.05, 3.63) is 152 Å². The normalized spacial score (nSPS) is 13.3. The molecule has 3 heteroatoms. The van der Waals surface area contributed by atoms with E-state index in [1.165, 1.54) is 69.8 Å². The number of nitrogens with zero attached hydrogens (tertiary/aromatic N) is 1. The molecule has 8 aromatic rings. The topological polar surface area (TPSA) is 3.24 Å². The summed E-state index contributed by atoms with van der Waals surface area (Å²) in [6.07, 6.45) is 0. The van der Waals surface area contributed by atoms with Crippen LogP contribution in [0.1, 0.15) is 0 Å². The predicted octanol–water partition coefficient (Wildman–Crippen LogP) is 11.1. The zero-order chi connectivity index (χ0) is 30.1. The van der Waals surface area contributed by atoms with Gasteiger partial charge in [0.1, 0.15) is 8.07 Å². The van der Waals surface area contributed by atoms with Crippen LogP contribution in [0.4, 0.5) is 17.1 Å². The van der Waals surface area contributed by atoms with Gasteiger partial charge in [0.15, 0.2) is 0 Å². The smallest absolute Gasteiger partial charge is 0.113 e. The first-order valence-electron chi connectivity index (χ1n) is 15.6. The minimum absolute atomic E-state index is 1.16. The lowest BCUT2D eigenvalue weighted by atomic mass is 9.96. The van der Waals surface area contributed by atoms with Crippen LogP contribution < -0.4 is 15.3 Å². The highest BCUT2D eigenvalue weighted by Crippen LogP contribution is 2.45.